The molecule has 18 nitrogen and oxygen atoms in total. The number of carbonyl (C=O) groups excluding carboxylic acids is 6. The van der Waals surface area contributed by atoms with Gasteiger partial charge in [-0.2, -0.15) is 0 Å². The lowest BCUT2D eigenvalue weighted by Gasteiger charge is -2.24. The van der Waals surface area contributed by atoms with Crippen LogP contribution in [0.2, 0.25) is 0 Å². The molecule has 276 valence electrons. The standard InChI is InChI=1S/C30H54N6O12/c1-5-45-27(41)31-18-12-9-15-21(24(37)35-23(26(39)40)17-11-14-20-33-29(43)47-7-3)34-25(38)22(36-30(44)48-8-4)16-10-13-19-32-28(42)46-6-2/h21-23H,5-20H2,1-4H3,(H,31,41)(H,32,42)(H,33,43)(H,34,38)(H,35,37)(H,36,44)(H,39,40). The molecule has 0 spiro atoms. The summed E-state index contributed by atoms with van der Waals surface area (Å²) in [6.45, 7) is 8.07. The van der Waals surface area contributed by atoms with E-state index in [1.165, 1.54) is 0 Å². The molecule has 0 saturated heterocycles. The summed E-state index contributed by atoms with van der Waals surface area (Å²) in [5.41, 5.74) is 0. The normalized spacial score (nSPS) is 12.2. The molecule has 0 saturated carbocycles. The van der Waals surface area contributed by atoms with E-state index in [9.17, 15) is 38.7 Å². The molecular weight excluding hydrogens is 636 g/mol. The summed E-state index contributed by atoms with van der Waals surface area (Å²) in [6.07, 6.45) is 0.142. The van der Waals surface area contributed by atoms with E-state index in [0.717, 1.165) is 0 Å². The van der Waals surface area contributed by atoms with E-state index < -0.39 is 60.3 Å². The zero-order chi connectivity index (χ0) is 36.2. The number of amides is 6. The average molecular weight is 691 g/mol. The van der Waals surface area contributed by atoms with Crippen LogP contribution in [-0.2, 0) is 33.3 Å². The molecule has 0 bridgehead atoms. The molecule has 0 aromatic rings. The Morgan fingerprint density at radius 1 is 0.458 bits per heavy atom. The lowest BCUT2D eigenvalue weighted by Crippen LogP contribution is -2.55. The van der Waals surface area contributed by atoms with Crippen molar-refractivity contribution in [1.29, 1.82) is 0 Å². The molecule has 18 heteroatoms. The van der Waals surface area contributed by atoms with Crippen LogP contribution < -0.4 is 31.9 Å². The first kappa shape index (κ1) is 43.5. The lowest BCUT2D eigenvalue weighted by molar-refractivity contribution is -0.142. The molecule has 0 rings (SSSR count). The summed E-state index contributed by atoms with van der Waals surface area (Å²) in [7, 11) is 0. The highest BCUT2D eigenvalue weighted by Gasteiger charge is 2.29. The molecule has 7 N–H and O–H groups in total. The predicted molar refractivity (Wildman–Crippen MR) is 172 cm³/mol. The van der Waals surface area contributed by atoms with Gasteiger partial charge in [-0.3, -0.25) is 9.59 Å². The lowest BCUT2D eigenvalue weighted by atomic mass is 10.0. The van der Waals surface area contributed by atoms with Gasteiger partial charge in [-0.1, -0.05) is 0 Å². The van der Waals surface area contributed by atoms with Gasteiger partial charge in [0.25, 0.3) is 0 Å². The second kappa shape index (κ2) is 27.6. The van der Waals surface area contributed by atoms with Crippen molar-refractivity contribution in [2.45, 2.75) is 104 Å². The molecule has 0 aliphatic carbocycles. The quantitative estimate of drug-likeness (QED) is 0.0536. The number of aliphatic carboxylic acids is 1. The number of carboxylic acid groups (broad SMARTS) is 1. The van der Waals surface area contributed by atoms with E-state index in [0.29, 0.717) is 38.5 Å². The zero-order valence-electron chi connectivity index (χ0n) is 28.5. The van der Waals surface area contributed by atoms with E-state index >= 15 is 0 Å². The third kappa shape index (κ3) is 22.1. The summed E-state index contributed by atoms with van der Waals surface area (Å²) in [5, 5.41) is 25.0. The number of unbranched alkanes of at least 4 members (excludes halogenated alkanes) is 3. The van der Waals surface area contributed by atoms with Crippen molar-refractivity contribution in [2.75, 3.05) is 46.1 Å². The van der Waals surface area contributed by atoms with Gasteiger partial charge >= 0.3 is 30.3 Å². The Balaban J connectivity index is 5.52. The monoisotopic (exact) mass is 690 g/mol. The molecule has 0 aliphatic heterocycles. The van der Waals surface area contributed by atoms with Crippen LogP contribution >= 0.6 is 0 Å². The topological polar surface area (TPSA) is 249 Å². The molecule has 0 radical (unpaired) electrons. The van der Waals surface area contributed by atoms with E-state index in [1.807, 2.05) is 0 Å². The minimum absolute atomic E-state index is 0.0581. The fourth-order valence-electron chi connectivity index (χ4n) is 4.19. The summed E-state index contributed by atoms with van der Waals surface area (Å²) in [4.78, 5) is 85.4. The van der Waals surface area contributed by atoms with Gasteiger partial charge in [-0.05, 0) is 85.5 Å². The molecule has 0 aliphatic rings. The van der Waals surface area contributed by atoms with Gasteiger partial charge in [0, 0.05) is 19.6 Å². The highest BCUT2D eigenvalue weighted by Crippen LogP contribution is 2.08. The van der Waals surface area contributed by atoms with Crippen LogP contribution in [-0.4, -0.2) is 111 Å². The molecular formula is C30H54N6O12. The van der Waals surface area contributed by atoms with Gasteiger partial charge in [0.2, 0.25) is 11.8 Å². The Kier molecular flexibility index (Phi) is 25.0. The molecule has 0 fully saturated rings. The van der Waals surface area contributed by atoms with E-state index in [4.69, 9.17) is 18.9 Å². The summed E-state index contributed by atoms with van der Waals surface area (Å²) < 4.78 is 19.3. The van der Waals surface area contributed by atoms with Crippen molar-refractivity contribution in [3.8, 4) is 0 Å². The van der Waals surface area contributed by atoms with Gasteiger partial charge in [0.15, 0.2) is 0 Å². The SMILES string of the molecule is CCOC(=O)NCCCCC(NC(=O)C(CCCCNC(=O)OCC)NC(=O)C(CCCCNC(=O)OCC)NC(=O)OCC)C(=O)O. The number of carboxylic acids is 1. The Bertz CT molecular complexity index is 999. The molecule has 0 aromatic carbocycles. The van der Waals surface area contributed by atoms with E-state index in [1.54, 1.807) is 27.7 Å². The molecule has 0 aromatic heterocycles. The van der Waals surface area contributed by atoms with Crippen molar-refractivity contribution in [3.63, 3.8) is 0 Å². The largest absolute Gasteiger partial charge is 0.480 e. The average Bonchev–Trinajstić information content (AvgIpc) is 3.02. The van der Waals surface area contributed by atoms with Crippen LogP contribution in [0, 0.1) is 0 Å². The fourth-order valence-corrected chi connectivity index (χ4v) is 4.19. The number of alkyl carbamates (subject to hydrolysis) is 4. The Labute approximate surface area is 281 Å². The summed E-state index contributed by atoms with van der Waals surface area (Å²) in [6, 6.07) is -3.55. The number of hydrogen-bond acceptors (Lipinski definition) is 11. The van der Waals surface area contributed by atoms with Crippen LogP contribution in [0.15, 0.2) is 0 Å². The zero-order valence-corrected chi connectivity index (χ0v) is 28.5. The van der Waals surface area contributed by atoms with Crippen LogP contribution in [0.4, 0.5) is 19.2 Å². The number of nitrogens with one attached hydrogen (secondary N) is 6. The van der Waals surface area contributed by atoms with Crippen molar-refractivity contribution in [3.05, 3.63) is 0 Å². The van der Waals surface area contributed by atoms with Crippen molar-refractivity contribution >= 4 is 42.2 Å². The number of rotatable bonds is 25. The first-order chi connectivity index (χ1) is 23.0. The Morgan fingerprint density at radius 2 is 0.771 bits per heavy atom. The molecule has 0 heterocycles. The molecule has 48 heavy (non-hydrogen) atoms. The minimum Gasteiger partial charge on any atom is -0.480 e. The third-order valence-electron chi connectivity index (χ3n) is 6.52. The maximum Gasteiger partial charge on any atom is 0.407 e. The van der Waals surface area contributed by atoms with Crippen LogP contribution in [0.5, 0.6) is 0 Å². The highest BCUT2D eigenvalue weighted by atomic mass is 16.6. The second-order valence-electron chi connectivity index (χ2n) is 10.3. The summed E-state index contributed by atoms with van der Waals surface area (Å²) in [5.74, 6) is -2.71. The fraction of sp³-hybridized carbons (Fsp3) is 0.767. The summed E-state index contributed by atoms with van der Waals surface area (Å²) >= 11 is 0. The third-order valence-corrected chi connectivity index (χ3v) is 6.52. The first-order valence-electron chi connectivity index (χ1n) is 16.5. The van der Waals surface area contributed by atoms with Crippen LogP contribution in [0.25, 0.3) is 0 Å². The molecule has 6 amide bonds. The van der Waals surface area contributed by atoms with Gasteiger partial charge in [0.1, 0.15) is 18.1 Å². The number of ether oxygens (including phenoxy) is 4. The number of hydrogen-bond donors (Lipinski definition) is 7. The Hall–Kier alpha value is -4.51. The van der Waals surface area contributed by atoms with Crippen molar-refractivity contribution < 1.29 is 57.6 Å². The predicted octanol–water partition coefficient (Wildman–Crippen LogP) is 1.90. The van der Waals surface area contributed by atoms with Gasteiger partial charge in [-0.15, -0.1) is 0 Å². The number of carbonyl (C=O) groups is 7. The van der Waals surface area contributed by atoms with Gasteiger partial charge in [0.05, 0.1) is 26.4 Å². The maximum atomic E-state index is 13.4. The van der Waals surface area contributed by atoms with E-state index in [-0.39, 0.29) is 65.3 Å². The van der Waals surface area contributed by atoms with Crippen molar-refractivity contribution in [1.82, 2.24) is 31.9 Å². The molecule has 3 unspecified atom stereocenters. The highest BCUT2D eigenvalue weighted by molar-refractivity contribution is 5.92. The molecule has 3 atom stereocenters. The minimum atomic E-state index is -1.27. The first-order valence-corrected chi connectivity index (χ1v) is 16.5. The Morgan fingerprint density at radius 3 is 1.12 bits per heavy atom. The van der Waals surface area contributed by atoms with Crippen LogP contribution in [0.3, 0.4) is 0 Å². The second-order valence-corrected chi connectivity index (χ2v) is 10.3. The smallest absolute Gasteiger partial charge is 0.407 e. The van der Waals surface area contributed by atoms with Gasteiger partial charge < -0.3 is 56.0 Å². The van der Waals surface area contributed by atoms with Crippen molar-refractivity contribution in [2.24, 2.45) is 0 Å². The van der Waals surface area contributed by atoms with Crippen LogP contribution in [0.1, 0.15) is 85.5 Å². The van der Waals surface area contributed by atoms with Gasteiger partial charge in [-0.25, -0.2) is 24.0 Å². The maximum absolute atomic E-state index is 13.4. The van der Waals surface area contributed by atoms with E-state index in [2.05, 4.69) is 31.9 Å².